The molecule has 0 aliphatic carbocycles. The summed E-state index contributed by atoms with van der Waals surface area (Å²) < 4.78 is 5.14. The lowest BCUT2D eigenvalue weighted by molar-refractivity contribution is 0.0663. The first-order valence-electron chi connectivity index (χ1n) is 5.90. The Morgan fingerprint density at radius 2 is 2.24 bits per heavy atom. The van der Waals surface area contributed by atoms with Crippen LogP contribution in [0.15, 0.2) is 16.5 Å². The van der Waals surface area contributed by atoms with E-state index in [0.29, 0.717) is 11.8 Å². The zero-order valence-corrected chi connectivity index (χ0v) is 9.98. The van der Waals surface area contributed by atoms with Crippen LogP contribution in [0.3, 0.4) is 0 Å². The summed E-state index contributed by atoms with van der Waals surface area (Å²) in [5, 5.41) is 11.9. The van der Waals surface area contributed by atoms with Crippen LogP contribution in [-0.2, 0) is 0 Å². The number of carbonyl (C=O) groups is 1. The predicted molar refractivity (Wildman–Crippen MR) is 64.4 cm³/mol. The third-order valence-corrected chi connectivity index (χ3v) is 3.22. The van der Waals surface area contributed by atoms with Crippen LogP contribution in [-0.4, -0.2) is 42.7 Å². The standard InChI is InChI=1S/C12H18N2O3/c1-14-6-4-9(5-7-14)8-13-11-3-2-10(17-11)12(15)16/h2-3,9,13H,4-8H2,1H3,(H,15,16). The van der Waals surface area contributed by atoms with Crippen LogP contribution in [0.25, 0.3) is 0 Å². The molecule has 1 aromatic rings. The van der Waals surface area contributed by atoms with Crippen LogP contribution in [0.5, 0.6) is 0 Å². The molecule has 0 radical (unpaired) electrons. The number of likely N-dealkylation sites (tertiary alicyclic amines) is 1. The van der Waals surface area contributed by atoms with Gasteiger partial charge in [0.1, 0.15) is 0 Å². The molecule has 1 fully saturated rings. The Labute approximate surface area is 100 Å². The third kappa shape index (κ3) is 3.23. The van der Waals surface area contributed by atoms with E-state index in [9.17, 15) is 4.79 Å². The van der Waals surface area contributed by atoms with Crippen molar-refractivity contribution in [2.75, 3.05) is 32.0 Å². The van der Waals surface area contributed by atoms with E-state index in [1.807, 2.05) is 0 Å². The highest BCUT2D eigenvalue weighted by Gasteiger charge is 2.17. The number of rotatable bonds is 4. The summed E-state index contributed by atoms with van der Waals surface area (Å²) in [5.74, 6) is 0.138. The van der Waals surface area contributed by atoms with E-state index in [4.69, 9.17) is 9.52 Å². The molecule has 1 aromatic heterocycles. The molecule has 0 spiro atoms. The van der Waals surface area contributed by atoms with Gasteiger partial charge in [0.05, 0.1) is 0 Å². The van der Waals surface area contributed by atoms with E-state index >= 15 is 0 Å². The van der Waals surface area contributed by atoms with Crippen LogP contribution >= 0.6 is 0 Å². The number of nitrogens with zero attached hydrogens (tertiary/aromatic N) is 1. The molecule has 17 heavy (non-hydrogen) atoms. The molecule has 2 heterocycles. The Kier molecular flexibility index (Phi) is 3.68. The fourth-order valence-corrected chi connectivity index (χ4v) is 2.06. The van der Waals surface area contributed by atoms with Crippen molar-refractivity contribution in [3.05, 3.63) is 17.9 Å². The summed E-state index contributed by atoms with van der Waals surface area (Å²) in [4.78, 5) is 13.0. The predicted octanol–water partition coefficient (Wildman–Crippen LogP) is 1.73. The second-order valence-electron chi connectivity index (χ2n) is 4.60. The summed E-state index contributed by atoms with van der Waals surface area (Å²) in [6.45, 7) is 3.11. The van der Waals surface area contributed by atoms with Gasteiger partial charge in [0.25, 0.3) is 0 Å². The van der Waals surface area contributed by atoms with E-state index < -0.39 is 5.97 Å². The molecule has 94 valence electrons. The van der Waals surface area contributed by atoms with Crippen molar-refractivity contribution in [3.8, 4) is 0 Å². The number of hydrogen-bond donors (Lipinski definition) is 2. The Hall–Kier alpha value is -1.49. The van der Waals surface area contributed by atoms with E-state index in [1.165, 1.54) is 18.9 Å². The molecule has 0 unspecified atom stereocenters. The summed E-state index contributed by atoms with van der Waals surface area (Å²) in [7, 11) is 2.13. The van der Waals surface area contributed by atoms with E-state index in [1.54, 1.807) is 6.07 Å². The molecule has 5 heteroatoms. The van der Waals surface area contributed by atoms with Gasteiger partial charge >= 0.3 is 5.97 Å². The van der Waals surface area contributed by atoms with Gasteiger partial charge in [-0.2, -0.15) is 0 Å². The lowest BCUT2D eigenvalue weighted by Crippen LogP contribution is -2.32. The number of carboxylic acid groups (broad SMARTS) is 1. The topological polar surface area (TPSA) is 65.7 Å². The first kappa shape index (κ1) is 12.0. The van der Waals surface area contributed by atoms with Crippen molar-refractivity contribution in [3.63, 3.8) is 0 Å². The molecule has 0 saturated carbocycles. The van der Waals surface area contributed by atoms with Gasteiger partial charge in [0, 0.05) is 12.6 Å². The van der Waals surface area contributed by atoms with Crippen LogP contribution in [0.1, 0.15) is 23.4 Å². The second kappa shape index (κ2) is 5.23. The summed E-state index contributed by atoms with van der Waals surface area (Å²) in [6.07, 6.45) is 2.35. The number of hydrogen-bond acceptors (Lipinski definition) is 4. The summed E-state index contributed by atoms with van der Waals surface area (Å²) >= 11 is 0. The molecular formula is C12H18N2O3. The first-order valence-corrected chi connectivity index (χ1v) is 5.90. The Balaban J connectivity index is 1.79. The minimum Gasteiger partial charge on any atom is -0.475 e. The lowest BCUT2D eigenvalue weighted by atomic mass is 9.97. The second-order valence-corrected chi connectivity index (χ2v) is 4.60. The van der Waals surface area contributed by atoms with Crippen molar-refractivity contribution >= 4 is 11.9 Å². The van der Waals surface area contributed by atoms with Crippen molar-refractivity contribution in [2.24, 2.45) is 5.92 Å². The third-order valence-electron chi connectivity index (χ3n) is 3.22. The molecule has 0 aromatic carbocycles. The Bertz CT molecular complexity index is 381. The SMILES string of the molecule is CN1CCC(CNc2ccc(C(=O)O)o2)CC1. The van der Waals surface area contributed by atoms with Crippen LogP contribution in [0.4, 0.5) is 5.88 Å². The maximum Gasteiger partial charge on any atom is 0.371 e. The van der Waals surface area contributed by atoms with Gasteiger partial charge in [-0.1, -0.05) is 0 Å². The van der Waals surface area contributed by atoms with Crippen molar-refractivity contribution in [1.29, 1.82) is 0 Å². The number of piperidine rings is 1. The smallest absolute Gasteiger partial charge is 0.371 e. The average Bonchev–Trinajstić information content (AvgIpc) is 2.77. The van der Waals surface area contributed by atoms with Gasteiger partial charge in [0.15, 0.2) is 5.88 Å². The highest BCUT2D eigenvalue weighted by molar-refractivity contribution is 5.84. The van der Waals surface area contributed by atoms with Crippen molar-refractivity contribution in [1.82, 2.24) is 4.90 Å². The summed E-state index contributed by atoms with van der Waals surface area (Å²) in [5.41, 5.74) is 0. The molecule has 1 aliphatic rings. The molecule has 0 bridgehead atoms. The molecule has 0 atom stereocenters. The maximum atomic E-state index is 10.6. The number of anilines is 1. The zero-order chi connectivity index (χ0) is 12.3. The quantitative estimate of drug-likeness (QED) is 0.836. The normalized spacial score (nSPS) is 18.2. The molecule has 2 rings (SSSR count). The summed E-state index contributed by atoms with van der Waals surface area (Å²) in [6, 6.07) is 3.14. The van der Waals surface area contributed by atoms with Gasteiger partial charge in [-0.3, -0.25) is 0 Å². The first-order chi connectivity index (χ1) is 8.15. The van der Waals surface area contributed by atoms with Gasteiger partial charge < -0.3 is 19.7 Å². The molecule has 5 nitrogen and oxygen atoms in total. The number of aromatic carboxylic acids is 1. The molecule has 2 N–H and O–H groups in total. The van der Waals surface area contributed by atoms with Crippen LogP contribution < -0.4 is 5.32 Å². The Morgan fingerprint density at radius 1 is 1.53 bits per heavy atom. The van der Waals surface area contributed by atoms with Crippen molar-refractivity contribution in [2.45, 2.75) is 12.8 Å². The minimum absolute atomic E-state index is 0.0177. The van der Waals surface area contributed by atoms with E-state index in [-0.39, 0.29) is 5.76 Å². The largest absolute Gasteiger partial charge is 0.475 e. The highest BCUT2D eigenvalue weighted by Crippen LogP contribution is 2.18. The van der Waals surface area contributed by atoms with E-state index in [0.717, 1.165) is 19.6 Å². The molecular weight excluding hydrogens is 220 g/mol. The van der Waals surface area contributed by atoms with Gasteiger partial charge in [-0.25, -0.2) is 4.79 Å². The molecule has 0 amide bonds. The molecule has 1 saturated heterocycles. The fraction of sp³-hybridized carbons (Fsp3) is 0.583. The minimum atomic E-state index is -1.03. The Morgan fingerprint density at radius 3 is 2.82 bits per heavy atom. The lowest BCUT2D eigenvalue weighted by Gasteiger charge is -2.28. The van der Waals surface area contributed by atoms with Gasteiger partial charge in [-0.05, 0) is 45.0 Å². The number of furan rings is 1. The van der Waals surface area contributed by atoms with Crippen LogP contribution in [0, 0.1) is 5.92 Å². The van der Waals surface area contributed by atoms with Crippen LogP contribution in [0.2, 0.25) is 0 Å². The fourth-order valence-electron chi connectivity index (χ4n) is 2.06. The monoisotopic (exact) mass is 238 g/mol. The zero-order valence-electron chi connectivity index (χ0n) is 9.98. The van der Waals surface area contributed by atoms with E-state index in [2.05, 4.69) is 17.3 Å². The number of nitrogens with one attached hydrogen (secondary N) is 1. The highest BCUT2D eigenvalue weighted by atomic mass is 16.4. The molecule has 1 aliphatic heterocycles. The maximum absolute atomic E-state index is 10.6. The van der Waals surface area contributed by atoms with Gasteiger partial charge in [0.2, 0.25) is 5.76 Å². The van der Waals surface area contributed by atoms with Gasteiger partial charge in [-0.15, -0.1) is 0 Å². The average molecular weight is 238 g/mol. The number of carboxylic acids is 1. The van der Waals surface area contributed by atoms with Crippen molar-refractivity contribution < 1.29 is 14.3 Å².